The molecule has 0 aromatic heterocycles. The molecule has 4 rings (SSSR count). The molecule has 1 aliphatic heterocycles. The summed E-state index contributed by atoms with van der Waals surface area (Å²) < 4.78 is 11.0. The van der Waals surface area contributed by atoms with E-state index in [-0.39, 0.29) is 23.4 Å². The van der Waals surface area contributed by atoms with E-state index in [1.807, 2.05) is 12.1 Å². The van der Waals surface area contributed by atoms with E-state index >= 15 is 0 Å². The molecule has 5 atom stereocenters. The van der Waals surface area contributed by atoms with Gasteiger partial charge in [-0.05, 0) is 74.1 Å². The number of allylic oxidation sites excluding steroid dienone is 1. The fraction of sp³-hybridized carbons (Fsp3) is 0.625. The van der Waals surface area contributed by atoms with Gasteiger partial charge in [0, 0.05) is 12.5 Å². The molecule has 28 heavy (non-hydrogen) atoms. The van der Waals surface area contributed by atoms with Crippen LogP contribution < -0.4 is 10.1 Å². The fourth-order valence-corrected chi connectivity index (χ4v) is 5.77. The Morgan fingerprint density at radius 2 is 2.11 bits per heavy atom. The Kier molecular flexibility index (Phi) is 5.50. The van der Waals surface area contributed by atoms with Gasteiger partial charge in [0.1, 0.15) is 11.9 Å². The summed E-state index contributed by atoms with van der Waals surface area (Å²) in [7, 11) is 1.68. The first-order valence-corrected chi connectivity index (χ1v) is 10.7. The highest BCUT2D eigenvalue weighted by molar-refractivity contribution is 5.75. The molecule has 2 aliphatic carbocycles. The summed E-state index contributed by atoms with van der Waals surface area (Å²) in [5, 5.41) is 3.51. The van der Waals surface area contributed by atoms with Gasteiger partial charge in [0.25, 0.3) is 0 Å². The van der Waals surface area contributed by atoms with Crippen molar-refractivity contribution in [2.24, 2.45) is 23.2 Å². The van der Waals surface area contributed by atoms with Crippen molar-refractivity contribution >= 4 is 5.97 Å². The van der Waals surface area contributed by atoms with Gasteiger partial charge >= 0.3 is 5.97 Å². The molecular weight excluding hydrogens is 350 g/mol. The molecule has 3 aliphatic rings. The average Bonchev–Trinajstić information content (AvgIpc) is 2.98. The molecule has 0 radical (unpaired) electrons. The third-order valence-corrected chi connectivity index (χ3v) is 7.43. The van der Waals surface area contributed by atoms with Crippen molar-refractivity contribution in [3.63, 3.8) is 0 Å². The SMILES string of the molecule is C=C1CCC[C@@]2(C)C[C@H]3OC(=O)[C@@H](CNCCc4ccc(OC)cc4)[C@@H]3C[C@H]12. The van der Waals surface area contributed by atoms with E-state index in [0.29, 0.717) is 18.4 Å². The quantitative estimate of drug-likeness (QED) is 0.456. The van der Waals surface area contributed by atoms with Crippen LogP contribution >= 0.6 is 0 Å². The first-order chi connectivity index (χ1) is 13.5. The molecule has 0 spiro atoms. The standard InChI is InChI=1S/C24H33NO3/c1-16-5-4-11-24(2)14-22-19(13-21(16)24)20(23(26)28-22)15-25-12-10-17-6-8-18(27-3)9-7-17/h6-9,19-22,25H,1,4-5,10-15H2,2-3H3/t19-,20-,21+,22+,24-/m0/s1. The third-order valence-electron chi connectivity index (χ3n) is 7.43. The second kappa shape index (κ2) is 7.90. The third kappa shape index (κ3) is 3.71. The van der Waals surface area contributed by atoms with E-state index in [2.05, 4.69) is 31.0 Å². The molecule has 0 unspecified atom stereocenters. The second-order valence-corrected chi connectivity index (χ2v) is 9.21. The number of rotatable bonds is 6. The molecule has 1 aromatic rings. The van der Waals surface area contributed by atoms with Gasteiger partial charge in [-0.1, -0.05) is 31.2 Å². The van der Waals surface area contributed by atoms with E-state index in [1.54, 1.807) is 7.11 Å². The maximum atomic E-state index is 12.6. The van der Waals surface area contributed by atoms with Crippen LogP contribution in [0, 0.1) is 23.2 Å². The Labute approximate surface area is 168 Å². The predicted octanol–water partition coefficient (Wildman–Crippen LogP) is 4.14. The minimum Gasteiger partial charge on any atom is -0.497 e. The molecule has 1 saturated heterocycles. The molecule has 0 bridgehead atoms. The van der Waals surface area contributed by atoms with E-state index in [1.165, 1.54) is 24.0 Å². The Morgan fingerprint density at radius 1 is 1.32 bits per heavy atom. The van der Waals surface area contributed by atoms with E-state index < -0.39 is 0 Å². The van der Waals surface area contributed by atoms with Crippen LogP contribution in [0.15, 0.2) is 36.4 Å². The summed E-state index contributed by atoms with van der Waals surface area (Å²) in [6.45, 7) is 8.33. The summed E-state index contributed by atoms with van der Waals surface area (Å²) in [5.74, 6) is 1.76. The number of fused-ring (bicyclic) bond motifs is 2. The number of nitrogens with one attached hydrogen (secondary N) is 1. The zero-order valence-corrected chi connectivity index (χ0v) is 17.2. The highest BCUT2D eigenvalue weighted by Crippen LogP contribution is 2.56. The first kappa shape index (κ1) is 19.5. The number of esters is 1. The van der Waals surface area contributed by atoms with Crippen molar-refractivity contribution in [1.29, 1.82) is 0 Å². The van der Waals surface area contributed by atoms with Crippen molar-refractivity contribution in [1.82, 2.24) is 5.32 Å². The van der Waals surface area contributed by atoms with Crippen LogP contribution in [0.1, 0.15) is 44.6 Å². The van der Waals surface area contributed by atoms with Crippen molar-refractivity contribution < 1.29 is 14.3 Å². The molecule has 152 valence electrons. The van der Waals surface area contributed by atoms with Crippen LogP contribution in [0.25, 0.3) is 0 Å². The number of benzene rings is 1. The van der Waals surface area contributed by atoms with Crippen molar-refractivity contribution in [3.8, 4) is 5.75 Å². The molecule has 1 N–H and O–H groups in total. The Hall–Kier alpha value is -1.81. The van der Waals surface area contributed by atoms with Crippen molar-refractivity contribution in [3.05, 3.63) is 42.0 Å². The minimum atomic E-state index is -0.0138. The molecule has 3 fully saturated rings. The van der Waals surface area contributed by atoms with Crippen molar-refractivity contribution in [2.45, 2.75) is 51.6 Å². The van der Waals surface area contributed by atoms with E-state index in [9.17, 15) is 4.79 Å². The largest absolute Gasteiger partial charge is 0.497 e. The Morgan fingerprint density at radius 3 is 2.86 bits per heavy atom. The maximum absolute atomic E-state index is 12.6. The van der Waals surface area contributed by atoms with Gasteiger partial charge in [-0.3, -0.25) is 4.79 Å². The van der Waals surface area contributed by atoms with Gasteiger partial charge in [-0.15, -0.1) is 0 Å². The zero-order chi connectivity index (χ0) is 19.7. The van der Waals surface area contributed by atoms with Gasteiger partial charge in [-0.2, -0.15) is 0 Å². The van der Waals surface area contributed by atoms with Crippen LogP contribution in [0.5, 0.6) is 5.75 Å². The van der Waals surface area contributed by atoms with Gasteiger partial charge in [0.2, 0.25) is 0 Å². The average molecular weight is 384 g/mol. The molecule has 4 nitrogen and oxygen atoms in total. The lowest BCUT2D eigenvalue weighted by molar-refractivity contribution is -0.146. The second-order valence-electron chi connectivity index (χ2n) is 9.21. The van der Waals surface area contributed by atoms with Gasteiger partial charge in [0.05, 0.1) is 13.0 Å². The Balaban J connectivity index is 1.32. The summed E-state index contributed by atoms with van der Waals surface area (Å²) in [4.78, 5) is 12.6. The van der Waals surface area contributed by atoms with Crippen molar-refractivity contribution in [2.75, 3.05) is 20.2 Å². The van der Waals surface area contributed by atoms with Crippen LogP contribution in [0.4, 0.5) is 0 Å². The molecule has 1 heterocycles. The predicted molar refractivity (Wildman–Crippen MR) is 110 cm³/mol. The Bertz CT molecular complexity index is 728. The normalized spacial score (nSPS) is 34.5. The summed E-state index contributed by atoms with van der Waals surface area (Å²) in [6.07, 6.45) is 6.74. The van der Waals surface area contributed by atoms with Crippen LogP contribution in [-0.2, 0) is 16.0 Å². The molecular formula is C24H33NO3. The number of ether oxygens (including phenoxy) is 2. The van der Waals surface area contributed by atoms with E-state index in [0.717, 1.165) is 38.0 Å². The number of hydrogen-bond acceptors (Lipinski definition) is 4. The topological polar surface area (TPSA) is 47.6 Å². The lowest BCUT2D eigenvalue weighted by Gasteiger charge is -2.50. The smallest absolute Gasteiger partial charge is 0.310 e. The highest BCUT2D eigenvalue weighted by Gasteiger charge is 2.54. The highest BCUT2D eigenvalue weighted by atomic mass is 16.6. The van der Waals surface area contributed by atoms with Crippen LogP contribution in [-0.4, -0.2) is 32.3 Å². The maximum Gasteiger partial charge on any atom is 0.310 e. The minimum absolute atomic E-state index is 0.000179. The van der Waals surface area contributed by atoms with Gasteiger partial charge in [-0.25, -0.2) is 0 Å². The fourth-order valence-electron chi connectivity index (χ4n) is 5.77. The summed E-state index contributed by atoms with van der Waals surface area (Å²) >= 11 is 0. The molecule has 1 aromatic carbocycles. The number of hydrogen-bond donors (Lipinski definition) is 1. The monoisotopic (exact) mass is 383 g/mol. The lowest BCUT2D eigenvalue weighted by Crippen LogP contribution is -2.45. The lowest BCUT2D eigenvalue weighted by atomic mass is 9.55. The molecule has 0 amide bonds. The number of carbonyl (C=O) groups is 1. The number of methoxy groups -OCH3 is 1. The van der Waals surface area contributed by atoms with E-state index in [4.69, 9.17) is 9.47 Å². The summed E-state index contributed by atoms with van der Waals surface area (Å²) in [5.41, 5.74) is 2.94. The van der Waals surface area contributed by atoms with Crippen LogP contribution in [0.2, 0.25) is 0 Å². The molecule has 4 heteroatoms. The summed E-state index contributed by atoms with van der Waals surface area (Å²) in [6, 6.07) is 8.17. The molecule has 2 saturated carbocycles. The van der Waals surface area contributed by atoms with Crippen LogP contribution in [0.3, 0.4) is 0 Å². The zero-order valence-electron chi connectivity index (χ0n) is 17.2. The van der Waals surface area contributed by atoms with Gasteiger partial charge < -0.3 is 14.8 Å². The first-order valence-electron chi connectivity index (χ1n) is 10.7. The van der Waals surface area contributed by atoms with Gasteiger partial charge in [0.15, 0.2) is 0 Å². The number of carbonyl (C=O) groups excluding carboxylic acids is 1.